The van der Waals surface area contributed by atoms with Crippen molar-refractivity contribution in [1.29, 1.82) is 0 Å². The molecule has 0 radical (unpaired) electrons. The molecule has 2 fully saturated rings. The summed E-state index contributed by atoms with van der Waals surface area (Å²) in [6.07, 6.45) is 19.7. The molecule has 0 unspecified atom stereocenters. The number of hydrogen-bond donors (Lipinski definition) is 0. The van der Waals surface area contributed by atoms with Crippen molar-refractivity contribution < 1.29 is 13.2 Å². The number of halogens is 3. The van der Waals surface area contributed by atoms with Crippen LogP contribution in [0.5, 0.6) is 0 Å². The Hall–Kier alpha value is -1.25. The molecule has 2 aliphatic rings. The van der Waals surface area contributed by atoms with Crippen LogP contribution in [0.1, 0.15) is 95.5 Å². The van der Waals surface area contributed by atoms with Crippen LogP contribution in [0.2, 0.25) is 0 Å². The summed E-state index contributed by atoms with van der Waals surface area (Å²) in [6, 6.07) is 2.36. The third kappa shape index (κ3) is 5.87. The van der Waals surface area contributed by atoms with Crippen LogP contribution < -0.4 is 0 Å². The molecule has 0 saturated heterocycles. The van der Waals surface area contributed by atoms with Gasteiger partial charge in [0.15, 0.2) is 17.5 Å². The normalized spacial score (nSPS) is 28.7. The van der Waals surface area contributed by atoms with Crippen molar-refractivity contribution >= 4 is 0 Å². The molecule has 0 atom stereocenters. The van der Waals surface area contributed by atoms with E-state index in [0.29, 0.717) is 11.5 Å². The van der Waals surface area contributed by atoms with Crippen LogP contribution in [-0.4, -0.2) is 0 Å². The number of allylic oxidation sites excluding steroid dienone is 2. The number of benzene rings is 1. The predicted octanol–water partition coefficient (Wildman–Crippen LogP) is 8.32. The highest BCUT2D eigenvalue weighted by Gasteiger charge is 2.24. The summed E-state index contributed by atoms with van der Waals surface area (Å²) in [4.78, 5) is 0. The SMILES string of the molecule is CCCCCC1CCC(/C=C/C2CCC(c3cc(F)c(F)c(F)c3)CC2)CC1. The summed E-state index contributed by atoms with van der Waals surface area (Å²) in [5.41, 5.74) is 0.611. The van der Waals surface area contributed by atoms with Crippen LogP contribution in [0, 0.1) is 35.2 Å². The van der Waals surface area contributed by atoms with E-state index < -0.39 is 17.5 Å². The fraction of sp³-hybridized carbons (Fsp3) is 0.680. The predicted molar refractivity (Wildman–Crippen MR) is 110 cm³/mol. The van der Waals surface area contributed by atoms with Crippen molar-refractivity contribution in [1.82, 2.24) is 0 Å². The first-order valence-electron chi connectivity index (χ1n) is 11.4. The molecule has 3 rings (SSSR count). The molecule has 1 aromatic carbocycles. The zero-order valence-corrected chi connectivity index (χ0v) is 17.2. The van der Waals surface area contributed by atoms with Gasteiger partial charge < -0.3 is 0 Å². The maximum atomic E-state index is 13.5. The lowest BCUT2D eigenvalue weighted by Crippen LogP contribution is -2.15. The van der Waals surface area contributed by atoms with Crippen molar-refractivity contribution in [3.63, 3.8) is 0 Å². The molecule has 28 heavy (non-hydrogen) atoms. The Bertz CT molecular complexity index is 612. The van der Waals surface area contributed by atoms with Crippen molar-refractivity contribution in [2.75, 3.05) is 0 Å². The third-order valence-corrected chi connectivity index (χ3v) is 7.01. The van der Waals surface area contributed by atoms with Gasteiger partial charge in [0, 0.05) is 0 Å². The summed E-state index contributed by atoms with van der Waals surface area (Å²) in [5, 5.41) is 0. The molecule has 2 saturated carbocycles. The maximum absolute atomic E-state index is 13.5. The molecule has 0 nitrogen and oxygen atoms in total. The van der Waals surface area contributed by atoms with Crippen molar-refractivity contribution in [2.45, 2.75) is 89.9 Å². The second-order valence-corrected chi connectivity index (χ2v) is 9.07. The fourth-order valence-electron chi connectivity index (χ4n) is 5.12. The first-order chi connectivity index (χ1) is 13.6. The van der Waals surface area contributed by atoms with E-state index in [1.54, 1.807) is 0 Å². The van der Waals surface area contributed by atoms with Gasteiger partial charge in [0.1, 0.15) is 0 Å². The summed E-state index contributed by atoms with van der Waals surface area (Å²) >= 11 is 0. The Morgan fingerprint density at radius 1 is 0.786 bits per heavy atom. The highest BCUT2D eigenvalue weighted by Crippen LogP contribution is 2.38. The van der Waals surface area contributed by atoms with Gasteiger partial charge in [0.2, 0.25) is 0 Å². The van der Waals surface area contributed by atoms with Gasteiger partial charge in [-0.25, -0.2) is 13.2 Å². The highest BCUT2D eigenvalue weighted by atomic mass is 19.2. The lowest BCUT2D eigenvalue weighted by atomic mass is 9.76. The van der Waals surface area contributed by atoms with Crippen LogP contribution in [0.15, 0.2) is 24.3 Å². The number of hydrogen-bond acceptors (Lipinski definition) is 0. The Kier molecular flexibility index (Phi) is 8.05. The van der Waals surface area contributed by atoms with Crippen LogP contribution in [0.25, 0.3) is 0 Å². The lowest BCUT2D eigenvalue weighted by Gasteiger charge is -2.29. The molecular weight excluding hydrogens is 357 g/mol. The summed E-state index contributed by atoms with van der Waals surface area (Å²) < 4.78 is 40.1. The van der Waals surface area contributed by atoms with Crippen molar-refractivity contribution in [2.24, 2.45) is 17.8 Å². The van der Waals surface area contributed by atoms with Gasteiger partial charge in [0.25, 0.3) is 0 Å². The summed E-state index contributed by atoms with van der Waals surface area (Å²) in [7, 11) is 0. The first-order valence-corrected chi connectivity index (χ1v) is 11.4. The van der Waals surface area contributed by atoms with E-state index in [9.17, 15) is 13.2 Å². The first kappa shape index (κ1) is 21.5. The average molecular weight is 393 g/mol. The van der Waals surface area contributed by atoms with Gasteiger partial charge >= 0.3 is 0 Å². The van der Waals surface area contributed by atoms with Gasteiger partial charge in [-0.3, -0.25) is 0 Å². The minimum atomic E-state index is -1.36. The highest BCUT2D eigenvalue weighted by molar-refractivity contribution is 5.23. The van der Waals surface area contributed by atoms with Crippen LogP contribution >= 0.6 is 0 Å². The van der Waals surface area contributed by atoms with Crippen LogP contribution in [0.4, 0.5) is 13.2 Å². The minimum Gasteiger partial charge on any atom is -0.204 e. The molecule has 0 bridgehead atoms. The van der Waals surface area contributed by atoms with E-state index in [0.717, 1.165) is 37.5 Å². The Labute approximate surface area is 168 Å². The largest absolute Gasteiger partial charge is 0.204 e. The second kappa shape index (κ2) is 10.5. The zero-order chi connectivity index (χ0) is 19.9. The van der Waals surface area contributed by atoms with Gasteiger partial charge in [0.05, 0.1) is 0 Å². The number of rotatable bonds is 7. The summed E-state index contributed by atoms with van der Waals surface area (Å²) in [6.45, 7) is 2.27. The van der Waals surface area contributed by atoms with Gasteiger partial charge in [-0.1, -0.05) is 44.8 Å². The van der Waals surface area contributed by atoms with E-state index >= 15 is 0 Å². The molecule has 0 amide bonds. The quantitative estimate of drug-likeness (QED) is 0.248. The van der Waals surface area contributed by atoms with Crippen molar-refractivity contribution in [3.05, 3.63) is 47.3 Å². The van der Waals surface area contributed by atoms with E-state index in [2.05, 4.69) is 19.1 Å². The van der Waals surface area contributed by atoms with E-state index in [1.165, 1.54) is 63.5 Å². The second-order valence-electron chi connectivity index (χ2n) is 9.07. The Balaban J connectivity index is 1.41. The lowest BCUT2D eigenvalue weighted by molar-refractivity contribution is 0.288. The van der Waals surface area contributed by atoms with E-state index in [-0.39, 0.29) is 5.92 Å². The fourth-order valence-corrected chi connectivity index (χ4v) is 5.12. The monoisotopic (exact) mass is 392 g/mol. The van der Waals surface area contributed by atoms with E-state index in [4.69, 9.17) is 0 Å². The number of unbranched alkanes of at least 4 members (excludes halogenated alkanes) is 2. The van der Waals surface area contributed by atoms with E-state index in [1.807, 2.05) is 0 Å². The molecule has 0 aliphatic heterocycles. The van der Waals surface area contributed by atoms with Crippen LogP contribution in [-0.2, 0) is 0 Å². The molecule has 3 heteroatoms. The molecule has 1 aromatic rings. The molecule has 0 heterocycles. The van der Waals surface area contributed by atoms with Gasteiger partial charge in [-0.15, -0.1) is 0 Å². The molecular formula is C25H35F3. The zero-order valence-electron chi connectivity index (χ0n) is 17.2. The van der Waals surface area contributed by atoms with Crippen LogP contribution in [0.3, 0.4) is 0 Å². The van der Waals surface area contributed by atoms with Crippen molar-refractivity contribution in [3.8, 4) is 0 Å². The smallest absolute Gasteiger partial charge is 0.194 e. The topological polar surface area (TPSA) is 0 Å². The Morgan fingerprint density at radius 2 is 1.32 bits per heavy atom. The average Bonchev–Trinajstić information content (AvgIpc) is 2.71. The molecule has 0 N–H and O–H groups in total. The van der Waals surface area contributed by atoms with Gasteiger partial charge in [-0.2, -0.15) is 0 Å². The third-order valence-electron chi connectivity index (χ3n) is 7.01. The maximum Gasteiger partial charge on any atom is 0.194 e. The molecule has 156 valence electrons. The standard InChI is InChI=1S/C25H35F3/c1-2-3-4-5-18-6-8-19(9-7-18)10-11-20-12-14-21(15-13-20)22-16-23(26)25(28)24(27)17-22/h10-11,16-21H,2-9,12-15H2,1H3/b11-10+. The molecule has 0 aromatic heterocycles. The van der Waals surface area contributed by atoms with Gasteiger partial charge in [-0.05, 0) is 92.7 Å². The Morgan fingerprint density at radius 3 is 1.86 bits per heavy atom. The minimum absolute atomic E-state index is 0.146. The molecule has 0 spiro atoms. The molecule has 2 aliphatic carbocycles. The summed E-state index contributed by atoms with van der Waals surface area (Å²) in [5.74, 6) is -1.09.